The minimum atomic E-state index is -0.219. The molecule has 2 heterocycles. The van der Waals surface area contributed by atoms with E-state index in [0.717, 1.165) is 25.3 Å². The minimum Gasteiger partial charge on any atom is -0.469 e. The fourth-order valence-corrected chi connectivity index (χ4v) is 2.84. The van der Waals surface area contributed by atoms with Gasteiger partial charge in [0.2, 0.25) is 0 Å². The van der Waals surface area contributed by atoms with Gasteiger partial charge in [-0.2, -0.15) is 5.10 Å². The van der Waals surface area contributed by atoms with E-state index in [2.05, 4.69) is 37.0 Å². The smallest absolute Gasteiger partial charge is 0.308 e. The Morgan fingerprint density at radius 2 is 2.23 bits per heavy atom. The van der Waals surface area contributed by atoms with Crippen LogP contribution in [0.2, 0.25) is 0 Å². The molecule has 0 amide bonds. The predicted octanol–water partition coefficient (Wildman–Crippen LogP) is 1.48. The summed E-state index contributed by atoms with van der Waals surface area (Å²) in [6.07, 6.45) is 2.31. The van der Waals surface area contributed by atoms with Gasteiger partial charge in [-0.05, 0) is 0 Å². The summed E-state index contributed by atoms with van der Waals surface area (Å²) in [6, 6.07) is 0. The first kappa shape index (κ1) is 17.0. The van der Waals surface area contributed by atoms with Crippen LogP contribution >= 0.6 is 0 Å². The number of aromatic nitrogens is 2. The van der Waals surface area contributed by atoms with E-state index in [9.17, 15) is 4.79 Å². The molecule has 1 aliphatic heterocycles. The minimum absolute atomic E-state index is 0.0221. The van der Waals surface area contributed by atoms with E-state index in [1.807, 2.05) is 11.7 Å². The van der Waals surface area contributed by atoms with Crippen molar-refractivity contribution in [3.8, 4) is 0 Å². The van der Waals surface area contributed by atoms with Crippen LogP contribution in [0.15, 0.2) is 6.20 Å². The van der Waals surface area contributed by atoms with Crippen LogP contribution in [-0.4, -0.2) is 53.6 Å². The fraction of sp³-hybridized carbons (Fsp3) is 0.750. The van der Waals surface area contributed by atoms with Crippen molar-refractivity contribution in [1.29, 1.82) is 0 Å². The highest BCUT2D eigenvalue weighted by molar-refractivity contribution is 5.69. The third-order valence-corrected chi connectivity index (χ3v) is 3.85. The van der Waals surface area contributed by atoms with E-state index >= 15 is 0 Å². The van der Waals surface area contributed by atoms with Crippen molar-refractivity contribution in [3.05, 3.63) is 17.5 Å². The Bertz CT molecular complexity index is 519. The van der Waals surface area contributed by atoms with Gasteiger partial charge in [-0.3, -0.25) is 14.4 Å². The topological polar surface area (TPSA) is 56.6 Å². The van der Waals surface area contributed by atoms with Gasteiger partial charge in [-0.25, -0.2) is 0 Å². The van der Waals surface area contributed by atoms with Gasteiger partial charge < -0.3 is 9.47 Å². The molecular formula is C16H27N3O3. The van der Waals surface area contributed by atoms with E-state index < -0.39 is 0 Å². The molecule has 0 radical (unpaired) electrons. The van der Waals surface area contributed by atoms with Crippen molar-refractivity contribution >= 4 is 5.97 Å². The number of methoxy groups -OCH3 is 1. The standard InChI is InChI=1S/C16H27N3O3/c1-16(2,3)15-12(9-18(4)17-15)10-19-6-7-22-13(11-19)8-14(20)21-5/h9,13H,6-8,10-11H2,1-5H3/t13-/m0/s1. The zero-order valence-corrected chi connectivity index (χ0v) is 14.3. The van der Waals surface area contributed by atoms with Gasteiger partial charge in [-0.15, -0.1) is 0 Å². The molecule has 0 spiro atoms. The second kappa shape index (κ2) is 6.79. The van der Waals surface area contributed by atoms with Crippen molar-refractivity contribution in [2.45, 2.75) is 45.3 Å². The van der Waals surface area contributed by atoms with Crippen LogP contribution in [-0.2, 0) is 33.3 Å². The molecule has 0 unspecified atom stereocenters. The summed E-state index contributed by atoms with van der Waals surface area (Å²) in [5.41, 5.74) is 2.40. The molecule has 2 rings (SSSR count). The summed E-state index contributed by atoms with van der Waals surface area (Å²) >= 11 is 0. The molecule has 1 fully saturated rings. The molecule has 0 aliphatic carbocycles. The zero-order chi connectivity index (χ0) is 16.3. The van der Waals surface area contributed by atoms with Crippen molar-refractivity contribution < 1.29 is 14.3 Å². The summed E-state index contributed by atoms with van der Waals surface area (Å²) in [6.45, 7) is 9.63. The average molecular weight is 309 g/mol. The first-order chi connectivity index (χ1) is 10.3. The summed E-state index contributed by atoms with van der Waals surface area (Å²) in [7, 11) is 3.37. The number of ether oxygens (including phenoxy) is 2. The lowest BCUT2D eigenvalue weighted by molar-refractivity contribution is -0.145. The summed E-state index contributed by atoms with van der Waals surface area (Å²) in [5, 5.41) is 4.61. The maximum atomic E-state index is 11.4. The monoisotopic (exact) mass is 309 g/mol. The Balaban J connectivity index is 2.03. The van der Waals surface area contributed by atoms with Gasteiger partial charge in [0.05, 0.1) is 31.9 Å². The lowest BCUT2D eigenvalue weighted by atomic mass is 9.89. The van der Waals surface area contributed by atoms with Crippen molar-refractivity contribution in [2.24, 2.45) is 7.05 Å². The number of aryl methyl sites for hydroxylation is 1. The second-order valence-corrected chi connectivity index (χ2v) is 6.93. The molecule has 0 saturated carbocycles. The fourth-order valence-electron chi connectivity index (χ4n) is 2.84. The third kappa shape index (κ3) is 4.30. The number of carbonyl (C=O) groups is 1. The van der Waals surface area contributed by atoms with Crippen LogP contribution in [0.25, 0.3) is 0 Å². The predicted molar refractivity (Wildman–Crippen MR) is 83.6 cm³/mol. The molecule has 1 atom stereocenters. The molecule has 1 aromatic heterocycles. The largest absolute Gasteiger partial charge is 0.469 e. The van der Waals surface area contributed by atoms with Crippen LogP contribution in [0.3, 0.4) is 0 Å². The quantitative estimate of drug-likeness (QED) is 0.789. The molecule has 22 heavy (non-hydrogen) atoms. The highest BCUT2D eigenvalue weighted by atomic mass is 16.5. The highest BCUT2D eigenvalue weighted by Crippen LogP contribution is 2.25. The number of nitrogens with zero attached hydrogens (tertiary/aromatic N) is 3. The highest BCUT2D eigenvalue weighted by Gasteiger charge is 2.27. The first-order valence-electron chi connectivity index (χ1n) is 7.73. The van der Waals surface area contributed by atoms with Gasteiger partial charge >= 0.3 is 5.97 Å². The molecule has 1 aliphatic rings. The Hall–Kier alpha value is -1.40. The van der Waals surface area contributed by atoms with E-state index in [-0.39, 0.29) is 17.5 Å². The van der Waals surface area contributed by atoms with Crippen LogP contribution in [0.1, 0.15) is 38.4 Å². The van der Waals surface area contributed by atoms with E-state index in [4.69, 9.17) is 9.47 Å². The van der Waals surface area contributed by atoms with Crippen LogP contribution in [0.4, 0.5) is 0 Å². The van der Waals surface area contributed by atoms with E-state index in [1.54, 1.807) is 0 Å². The van der Waals surface area contributed by atoms with E-state index in [1.165, 1.54) is 12.7 Å². The number of hydrogen-bond acceptors (Lipinski definition) is 5. The van der Waals surface area contributed by atoms with Crippen molar-refractivity contribution in [1.82, 2.24) is 14.7 Å². The second-order valence-electron chi connectivity index (χ2n) is 6.93. The molecule has 124 valence electrons. The lowest BCUT2D eigenvalue weighted by Crippen LogP contribution is -2.43. The number of hydrogen-bond donors (Lipinski definition) is 0. The molecule has 6 heteroatoms. The summed E-state index contributed by atoms with van der Waals surface area (Å²) in [4.78, 5) is 13.7. The molecule has 6 nitrogen and oxygen atoms in total. The maximum Gasteiger partial charge on any atom is 0.308 e. The van der Waals surface area contributed by atoms with Gasteiger partial charge in [0, 0.05) is 43.9 Å². The van der Waals surface area contributed by atoms with Gasteiger partial charge in [-0.1, -0.05) is 20.8 Å². The Morgan fingerprint density at radius 1 is 1.50 bits per heavy atom. The summed E-state index contributed by atoms with van der Waals surface area (Å²) < 4.78 is 12.3. The van der Waals surface area contributed by atoms with Gasteiger partial charge in [0.25, 0.3) is 0 Å². The number of carbonyl (C=O) groups excluding carboxylic acids is 1. The Morgan fingerprint density at radius 3 is 2.86 bits per heavy atom. The Labute approximate surface area is 132 Å². The van der Waals surface area contributed by atoms with Crippen LogP contribution in [0.5, 0.6) is 0 Å². The average Bonchev–Trinajstić information content (AvgIpc) is 2.80. The molecule has 0 bridgehead atoms. The summed E-state index contributed by atoms with van der Waals surface area (Å²) in [5.74, 6) is -0.219. The van der Waals surface area contributed by atoms with Crippen LogP contribution in [0, 0.1) is 0 Å². The van der Waals surface area contributed by atoms with Crippen LogP contribution < -0.4 is 0 Å². The molecule has 1 aromatic rings. The molecule has 0 N–H and O–H groups in total. The van der Waals surface area contributed by atoms with E-state index in [0.29, 0.717) is 13.0 Å². The van der Waals surface area contributed by atoms with Crippen molar-refractivity contribution in [3.63, 3.8) is 0 Å². The molecule has 1 saturated heterocycles. The number of morpholine rings is 1. The Kier molecular flexibility index (Phi) is 5.24. The lowest BCUT2D eigenvalue weighted by Gasteiger charge is -2.32. The number of esters is 1. The zero-order valence-electron chi connectivity index (χ0n) is 14.3. The SMILES string of the molecule is COC(=O)C[C@H]1CN(Cc2cn(C)nc2C(C)(C)C)CCO1. The van der Waals surface area contributed by atoms with Gasteiger partial charge in [0.15, 0.2) is 0 Å². The maximum absolute atomic E-state index is 11.4. The molecule has 0 aromatic carbocycles. The third-order valence-electron chi connectivity index (χ3n) is 3.85. The van der Waals surface area contributed by atoms with Crippen molar-refractivity contribution in [2.75, 3.05) is 26.8 Å². The number of rotatable bonds is 4. The first-order valence-corrected chi connectivity index (χ1v) is 7.73. The molecular weight excluding hydrogens is 282 g/mol. The van der Waals surface area contributed by atoms with Gasteiger partial charge in [0.1, 0.15) is 0 Å². The normalized spacial score (nSPS) is 20.1.